The van der Waals surface area contributed by atoms with E-state index in [1.165, 1.54) is 7.11 Å². The van der Waals surface area contributed by atoms with Crippen LogP contribution in [-0.2, 0) is 16.1 Å². The normalized spacial score (nSPS) is 15.9. The van der Waals surface area contributed by atoms with E-state index in [2.05, 4.69) is 20.9 Å². The van der Waals surface area contributed by atoms with Crippen LogP contribution in [0.4, 0.5) is 0 Å². The molecule has 0 aliphatic heterocycles. The summed E-state index contributed by atoms with van der Waals surface area (Å²) in [7, 11) is 1.44. The fourth-order valence-electron chi connectivity index (χ4n) is 2.33. The monoisotopic (exact) mass is 305 g/mol. The molecule has 0 aromatic carbocycles. The SMILES string of the molecule is COC(=O)C(CCn1ccnc1-c1cccs1)NC1CC1. The molecule has 3 rings (SSSR count). The lowest BCUT2D eigenvalue weighted by atomic mass is 10.2. The third kappa shape index (κ3) is 3.51. The number of aromatic nitrogens is 2. The first-order chi connectivity index (χ1) is 10.3. The second-order valence-electron chi connectivity index (χ2n) is 5.23. The number of carbonyl (C=O) groups excluding carboxylic acids is 1. The maximum Gasteiger partial charge on any atom is 0.322 e. The lowest BCUT2D eigenvalue weighted by Gasteiger charge is -2.17. The van der Waals surface area contributed by atoms with Gasteiger partial charge in [0.25, 0.3) is 0 Å². The minimum Gasteiger partial charge on any atom is -0.468 e. The summed E-state index contributed by atoms with van der Waals surface area (Å²) in [6.07, 6.45) is 6.77. The maximum atomic E-state index is 11.8. The number of hydrogen-bond donors (Lipinski definition) is 1. The summed E-state index contributed by atoms with van der Waals surface area (Å²) in [5.74, 6) is 0.778. The number of nitrogens with zero attached hydrogens (tertiary/aromatic N) is 2. The molecule has 1 atom stereocenters. The lowest BCUT2D eigenvalue weighted by Crippen LogP contribution is -2.39. The van der Waals surface area contributed by atoms with Crippen LogP contribution in [0.5, 0.6) is 0 Å². The molecule has 0 radical (unpaired) electrons. The molecule has 0 amide bonds. The minimum absolute atomic E-state index is 0.181. The molecule has 0 bridgehead atoms. The minimum atomic E-state index is -0.235. The Bertz CT molecular complexity index is 590. The summed E-state index contributed by atoms with van der Waals surface area (Å²) in [4.78, 5) is 17.4. The second-order valence-corrected chi connectivity index (χ2v) is 6.17. The predicted molar refractivity (Wildman–Crippen MR) is 82.1 cm³/mol. The molecule has 112 valence electrons. The number of ether oxygens (including phenoxy) is 1. The first-order valence-electron chi connectivity index (χ1n) is 7.17. The van der Waals surface area contributed by atoms with Crippen molar-refractivity contribution < 1.29 is 9.53 Å². The highest BCUT2D eigenvalue weighted by atomic mass is 32.1. The van der Waals surface area contributed by atoms with Gasteiger partial charge in [-0.05, 0) is 30.7 Å². The maximum absolute atomic E-state index is 11.8. The number of nitrogens with one attached hydrogen (secondary N) is 1. The molecule has 1 unspecified atom stereocenters. The van der Waals surface area contributed by atoms with E-state index in [1.807, 2.05) is 17.6 Å². The van der Waals surface area contributed by atoms with Gasteiger partial charge in [-0.15, -0.1) is 11.3 Å². The molecule has 2 aromatic rings. The summed E-state index contributed by atoms with van der Waals surface area (Å²) in [6, 6.07) is 4.32. The van der Waals surface area contributed by atoms with E-state index in [0.29, 0.717) is 12.5 Å². The van der Waals surface area contributed by atoms with Gasteiger partial charge in [-0.25, -0.2) is 4.98 Å². The van der Waals surface area contributed by atoms with Gasteiger partial charge in [0.15, 0.2) is 0 Å². The molecule has 21 heavy (non-hydrogen) atoms. The number of rotatable bonds is 7. The van der Waals surface area contributed by atoms with Crippen LogP contribution in [0.3, 0.4) is 0 Å². The summed E-state index contributed by atoms with van der Waals surface area (Å²) in [6.45, 7) is 0.743. The van der Waals surface area contributed by atoms with Gasteiger partial charge in [0.2, 0.25) is 0 Å². The summed E-state index contributed by atoms with van der Waals surface area (Å²) >= 11 is 1.67. The van der Waals surface area contributed by atoms with E-state index in [-0.39, 0.29) is 12.0 Å². The smallest absolute Gasteiger partial charge is 0.322 e. The Kier molecular flexibility index (Phi) is 4.36. The Morgan fingerprint density at radius 1 is 1.62 bits per heavy atom. The Balaban J connectivity index is 1.65. The van der Waals surface area contributed by atoms with Crippen LogP contribution in [0.1, 0.15) is 19.3 Å². The van der Waals surface area contributed by atoms with Crippen molar-refractivity contribution in [2.45, 2.75) is 37.9 Å². The van der Waals surface area contributed by atoms with Crippen LogP contribution in [0.15, 0.2) is 29.9 Å². The molecule has 1 saturated carbocycles. The molecule has 1 aliphatic carbocycles. The van der Waals surface area contributed by atoms with Gasteiger partial charge in [0.05, 0.1) is 12.0 Å². The average molecular weight is 305 g/mol. The van der Waals surface area contributed by atoms with Crippen molar-refractivity contribution in [2.24, 2.45) is 0 Å². The number of methoxy groups -OCH3 is 1. The number of imidazole rings is 1. The summed E-state index contributed by atoms with van der Waals surface area (Å²) < 4.78 is 6.98. The van der Waals surface area contributed by atoms with Crippen LogP contribution >= 0.6 is 11.3 Å². The standard InChI is InChI=1S/C15H19N3O2S/c1-20-15(19)12(17-11-4-5-11)6-8-18-9-7-16-14(18)13-3-2-10-21-13/h2-3,7,9-12,17H,4-6,8H2,1H3. The molecule has 6 heteroatoms. The summed E-state index contributed by atoms with van der Waals surface area (Å²) in [5.41, 5.74) is 0. The van der Waals surface area contributed by atoms with Crippen LogP contribution in [0.2, 0.25) is 0 Å². The van der Waals surface area contributed by atoms with E-state index < -0.39 is 0 Å². The van der Waals surface area contributed by atoms with E-state index in [0.717, 1.165) is 30.1 Å². The quantitative estimate of drug-likeness (QED) is 0.798. The number of thiophene rings is 1. The number of hydrogen-bond acceptors (Lipinski definition) is 5. The molecular formula is C15H19N3O2S. The van der Waals surface area contributed by atoms with E-state index in [4.69, 9.17) is 4.74 Å². The third-order valence-electron chi connectivity index (χ3n) is 3.62. The van der Waals surface area contributed by atoms with Gasteiger partial charge >= 0.3 is 5.97 Å². The van der Waals surface area contributed by atoms with Crippen molar-refractivity contribution in [3.8, 4) is 10.7 Å². The molecule has 2 aromatic heterocycles. The Labute approximate surface area is 128 Å². The van der Waals surface area contributed by atoms with E-state index >= 15 is 0 Å². The van der Waals surface area contributed by atoms with Gasteiger partial charge in [-0.1, -0.05) is 6.07 Å². The second kappa shape index (κ2) is 6.41. The first-order valence-corrected chi connectivity index (χ1v) is 8.05. The molecule has 5 nitrogen and oxygen atoms in total. The van der Waals surface area contributed by atoms with Crippen molar-refractivity contribution in [1.29, 1.82) is 0 Å². The van der Waals surface area contributed by atoms with Crippen molar-refractivity contribution in [3.63, 3.8) is 0 Å². The van der Waals surface area contributed by atoms with Gasteiger partial charge in [0.1, 0.15) is 11.9 Å². The van der Waals surface area contributed by atoms with Crippen molar-refractivity contribution in [1.82, 2.24) is 14.9 Å². The van der Waals surface area contributed by atoms with Crippen LogP contribution in [0, 0.1) is 0 Å². The summed E-state index contributed by atoms with van der Waals surface area (Å²) in [5, 5.41) is 5.39. The number of carbonyl (C=O) groups is 1. The zero-order valence-electron chi connectivity index (χ0n) is 12.0. The van der Waals surface area contributed by atoms with Gasteiger partial charge in [-0.3, -0.25) is 4.79 Å². The Morgan fingerprint density at radius 2 is 2.48 bits per heavy atom. The molecular weight excluding hydrogens is 286 g/mol. The van der Waals surface area contributed by atoms with E-state index in [1.54, 1.807) is 17.5 Å². The Morgan fingerprint density at radius 3 is 3.14 bits per heavy atom. The first kappa shape index (κ1) is 14.3. The highest BCUT2D eigenvalue weighted by Crippen LogP contribution is 2.24. The number of esters is 1. The zero-order valence-corrected chi connectivity index (χ0v) is 12.8. The van der Waals surface area contributed by atoms with Gasteiger partial charge < -0.3 is 14.6 Å². The third-order valence-corrected chi connectivity index (χ3v) is 4.48. The highest BCUT2D eigenvalue weighted by Gasteiger charge is 2.28. The topological polar surface area (TPSA) is 56.2 Å². The van der Waals surface area contributed by atoms with E-state index in [9.17, 15) is 4.79 Å². The predicted octanol–water partition coefficient (Wildman–Crippen LogP) is 2.30. The van der Waals surface area contributed by atoms with Crippen LogP contribution in [-0.4, -0.2) is 34.7 Å². The van der Waals surface area contributed by atoms with Crippen LogP contribution in [0.25, 0.3) is 10.7 Å². The van der Waals surface area contributed by atoms with Crippen molar-refractivity contribution in [3.05, 3.63) is 29.9 Å². The molecule has 1 aliphatic rings. The molecule has 0 saturated heterocycles. The molecule has 1 N–H and O–H groups in total. The fraction of sp³-hybridized carbons (Fsp3) is 0.467. The average Bonchev–Trinajstić information content (AvgIpc) is 2.98. The van der Waals surface area contributed by atoms with Crippen molar-refractivity contribution in [2.75, 3.05) is 7.11 Å². The lowest BCUT2D eigenvalue weighted by molar-refractivity contribution is -0.143. The Hall–Kier alpha value is -1.66. The molecule has 0 spiro atoms. The van der Waals surface area contributed by atoms with Crippen LogP contribution < -0.4 is 5.32 Å². The largest absolute Gasteiger partial charge is 0.468 e. The van der Waals surface area contributed by atoms with Gasteiger partial charge in [0, 0.05) is 25.0 Å². The zero-order chi connectivity index (χ0) is 14.7. The van der Waals surface area contributed by atoms with Crippen molar-refractivity contribution >= 4 is 17.3 Å². The number of aryl methyl sites for hydroxylation is 1. The molecule has 2 heterocycles. The van der Waals surface area contributed by atoms with Gasteiger partial charge in [-0.2, -0.15) is 0 Å². The highest BCUT2D eigenvalue weighted by molar-refractivity contribution is 7.13. The molecule has 1 fully saturated rings. The fourth-order valence-corrected chi connectivity index (χ4v) is 3.07.